The molecule has 0 fully saturated rings. The fourth-order valence-corrected chi connectivity index (χ4v) is 4.37. The highest BCUT2D eigenvalue weighted by atomic mass is 35.5. The van der Waals surface area contributed by atoms with Gasteiger partial charge >= 0.3 is 5.97 Å². The van der Waals surface area contributed by atoms with Crippen LogP contribution in [0, 0.1) is 5.82 Å². The first-order chi connectivity index (χ1) is 15.8. The van der Waals surface area contributed by atoms with Crippen LogP contribution in [0.5, 0.6) is 5.75 Å². The van der Waals surface area contributed by atoms with Gasteiger partial charge in [-0.1, -0.05) is 23.4 Å². The Balaban J connectivity index is 1.53. The summed E-state index contributed by atoms with van der Waals surface area (Å²) in [5.74, 6) is -0.172. The van der Waals surface area contributed by atoms with E-state index in [0.717, 1.165) is 0 Å². The molecule has 2 aromatic heterocycles. The van der Waals surface area contributed by atoms with Gasteiger partial charge in [-0.15, -0.1) is 21.5 Å². The average molecular weight is 514 g/mol. The van der Waals surface area contributed by atoms with Crippen LogP contribution in [0.3, 0.4) is 0 Å². The van der Waals surface area contributed by atoms with E-state index in [1.807, 2.05) is 0 Å². The number of thioether (sulfide) groups is 1. The zero-order valence-corrected chi connectivity index (χ0v) is 20.4. The molecule has 0 aliphatic carbocycles. The van der Waals surface area contributed by atoms with Gasteiger partial charge in [-0.2, -0.15) is 0 Å². The summed E-state index contributed by atoms with van der Waals surface area (Å²) in [6.07, 6.45) is -0.457. The topological polar surface area (TPSA) is 108 Å². The van der Waals surface area contributed by atoms with Crippen LogP contribution in [-0.4, -0.2) is 44.0 Å². The molecule has 176 valence electrons. The van der Waals surface area contributed by atoms with E-state index in [-0.39, 0.29) is 29.1 Å². The number of rotatable bonds is 10. The molecule has 1 aromatic carbocycles. The predicted octanol–water partition coefficient (Wildman–Crippen LogP) is 4.04. The first-order valence-corrected chi connectivity index (χ1v) is 12.0. The minimum absolute atomic E-state index is 0.0556. The molecule has 33 heavy (non-hydrogen) atoms. The van der Waals surface area contributed by atoms with Crippen molar-refractivity contribution in [2.24, 2.45) is 7.05 Å². The Hall–Kier alpha value is -2.70. The number of aromatic nitrogens is 4. The molecular formula is C20H21ClFN5O4S2. The van der Waals surface area contributed by atoms with E-state index < -0.39 is 11.9 Å². The summed E-state index contributed by atoms with van der Waals surface area (Å²) in [4.78, 5) is 28.0. The van der Waals surface area contributed by atoms with Gasteiger partial charge in [0.2, 0.25) is 5.91 Å². The van der Waals surface area contributed by atoms with Gasteiger partial charge in [0, 0.05) is 12.4 Å². The summed E-state index contributed by atoms with van der Waals surface area (Å²) < 4.78 is 25.6. The Labute approximate surface area is 202 Å². The lowest BCUT2D eigenvalue weighted by Crippen LogP contribution is -2.15. The smallest absolute Gasteiger partial charge is 0.311 e. The van der Waals surface area contributed by atoms with E-state index in [9.17, 15) is 14.0 Å². The van der Waals surface area contributed by atoms with E-state index in [1.165, 1.54) is 41.3 Å². The first kappa shape index (κ1) is 24.9. The van der Waals surface area contributed by atoms with Crippen LogP contribution in [0.2, 0.25) is 5.02 Å². The molecule has 1 amide bonds. The molecule has 0 saturated carbocycles. The molecule has 0 bridgehead atoms. The molecule has 0 spiro atoms. The minimum Gasteiger partial charge on any atom is -0.481 e. The Morgan fingerprint density at radius 2 is 2.15 bits per heavy atom. The van der Waals surface area contributed by atoms with E-state index >= 15 is 0 Å². The number of hydrogen-bond donors (Lipinski definition) is 1. The lowest BCUT2D eigenvalue weighted by molar-refractivity contribution is -0.142. The molecule has 1 unspecified atom stereocenters. The molecule has 3 aromatic rings. The highest BCUT2D eigenvalue weighted by Gasteiger charge is 2.19. The minimum atomic E-state index is -0.512. The molecule has 3 rings (SSSR count). The van der Waals surface area contributed by atoms with Crippen molar-refractivity contribution in [2.75, 3.05) is 17.7 Å². The second-order valence-electron chi connectivity index (χ2n) is 6.70. The van der Waals surface area contributed by atoms with Crippen LogP contribution >= 0.6 is 34.7 Å². The standard InChI is InChI=1S/C20H21ClFN5O4S2/c1-4-30-17(29)8-13-9-32-19(23-13)24-16(28)10-33-20-26-25-18(27(20)3)11(2)31-15-6-5-12(22)7-14(15)21/h5-7,9,11H,4,8,10H2,1-3H3,(H,23,24,28). The summed E-state index contributed by atoms with van der Waals surface area (Å²) >= 11 is 8.44. The molecule has 13 heteroatoms. The molecule has 0 saturated heterocycles. The number of carbonyl (C=O) groups excluding carboxylic acids is 2. The van der Waals surface area contributed by atoms with Gasteiger partial charge < -0.3 is 19.4 Å². The summed E-state index contributed by atoms with van der Waals surface area (Å²) in [5, 5.41) is 13.7. The molecule has 1 N–H and O–H groups in total. The normalized spacial score (nSPS) is 11.8. The quantitative estimate of drug-likeness (QED) is 0.319. The number of amides is 1. The first-order valence-electron chi connectivity index (χ1n) is 9.80. The SMILES string of the molecule is CCOC(=O)Cc1csc(NC(=O)CSc2nnc(C(C)Oc3ccc(F)cc3Cl)n2C)n1. The maximum Gasteiger partial charge on any atom is 0.311 e. The fraction of sp³-hybridized carbons (Fsp3) is 0.350. The number of thiazole rings is 1. The highest BCUT2D eigenvalue weighted by molar-refractivity contribution is 7.99. The van der Waals surface area contributed by atoms with Crippen molar-refractivity contribution in [1.82, 2.24) is 19.7 Å². The molecular weight excluding hydrogens is 493 g/mol. The van der Waals surface area contributed by atoms with Gasteiger partial charge in [-0.25, -0.2) is 9.37 Å². The summed E-state index contributed by atoms with van der Waals surface area (Å²) in [6.45, 7) is 3.80. The molecule has 9 nitrogen and oxygen atoms in total. The van der Waals surface area contributed by atoms with Crippen LogP contribution in [0.15, 0.2) is 28.7 Å². The van der Waals surface area contributed by atoms with Crippen molar-refractivity contribution in [2.45, 2.75) is 31.5 Å². The van der Waals surface area contributed by atoms with Crippen molar-refractivity contribution < 1.29 is 23.5 Å². The number of carbonyl (C=O) groups is 2. The van der Waals surface area contributed by atoms with E-state index in [2.05, 4.69) is 20.5 Å². The van der Waals surface area contributed by atoms with Gasteiger partial charge in [-0.05, 0) is 32.0 Å². The van der Waals surface area contributed by atoms with Crippen molar-refractivity contribution in [3.8, 4) is 5.75 Å². The zero-order chi connectivity index (χ0) is 24.0. The predicted molar refractivity (Wildman–Crippen MR) is 123 cm³/mol. The number of benzene rings is 1. The van der Waals surface area contributed by atoms with Gasteiger partial charge in [0.1, 0.15) is 11.6 Å². The van der Waals surface area contributed by atoms with Crippen molar-refractivity contribution in [3.63, 3.8) is 0 Å². The monoisotopic (exact) mass is 513 g/mol. The van der Waals surface area contributed by atoms with Gasteiger partial charge in [0.05, 0.1) is 29.5 Å². The Bertz CT molecular complexity index is 1140. The van der Waals surface area contributed by atoms with Crippen LogP contribution < -0.4 is 10.1 Å². The molecule has 2 heterocycles. The number of halogens is 2. The largest absolute Gasteiger partial charge is 0.481 e. The number of anilines is 1. The van der Waals surface area contributed by atoms with Crippen LogP contribution in [0.1, 0.15) is 31.5 Å². The van der Waals surface area contributed by atoms with E-state index in [0.29, 0.717) is 34.2 Å². The zero-order valence-electron chi connectivity index (χ0n) is 18.0. The van der Waals surface area contributed by atoms with Crippen LogP contribution in [-0.2, 0) is 27.8 Å². The molecule has 1 atom stereocenters. The molecule has 0 aliphatic rings. The third kappa shape index (κ3) is 6.89. The second kappa shape index (κ2) is 11.4. The van der Waals surface area contributed by atoms with E-state index in [1.54, 1.807) is 30.8 Å². The fourth-order valence-electron chi connectivity index (χ4n) is 2.71. The molecule has 0 aliphatic heterocycles. The van der Waals surface area contributed by atoms with Gasteiger partial charge in [-0.3, -0.25) is 9.59 Å². The Morgan fingerprint density at radius 3 is 2.88 bits per heavy atom. The third-order valence-corrected chi connectivity index (χ3v) is 6.31. The van der Waals surface area contributed by atoms with Crippen LogP contribution in [0.25, 0.3) is 0 Å². The number of ether oxygens (including phenoxy) is 2. The summed E-state index contributed by atoms with van der Waals surface area (Å²) in [5.41, 5.74) is 0.537. The summed E-state index contributed by atoms with van der Waals surface area (Å²) in [7, 11) is 1.75. The molecule has 0 radical (unpaired) electrons. The second-order valence-corrected chi connectivity index (χ2v) is 8.91. The van der Waals surface area contributed by atoms with Crippen LogP contribution in [0.4, 0.5) is 9.52 Å². The lowest BCUT2D eigenvalue weighted by Gasteiger charge is -2.15. The Morgan fingerprint density at radius 1 is 1.36 bits per heavy atom. The van der Waals surface area contributed by atoms with Gasteiger partial charge in [0.25, 0.3) is 0 Å². The van der Waals surface area contributed by atoms with Gasteiger partial charge in [0.15, 0.2) is 22.2 Å². The summed E-state index contributed by atoms with van der Waals surface area (Å²) in [6, 6.07) is 3.87. The van der Waals surface area contributed by atoms with Crippen molar-refractivity contribution >= 4 is 51.7 Å². The number of esters is 1. The number of nitrogens with one attached hydrogen (secondary N) is 1. The third-order valence-electron chi connectivity index (χ3n) is 4.19. The Kier molecular flexibility index (Phi) is 8.64. The van der Waals surface area contributed by atoms with Crippen molar-refractivity contribution in [3.05, 3.63) is 45.9 Å². The maximum absolute atomic E-state index is 13.2. The number of hydrogen-bond acceptors (Lipinski definition) is 9. The number of nitrogens with zero attached hydrogens (tertiary/aromatic N) is 4. The van der Waals surface area contributed by atoms with Crippen molar-refractivity contribution in [1.29, 1.82) is 0 Å². The maximum atomic E-state index is 13.2. The average Bonchev–Trinajstić information content (AvgIpc) is 3.34. The van der Waals surface area contributed by atoms with E-state index in [4.69, 9.17) is 21.1 Å². The highest BCUT2D eigenvalue weighted by Crippen LogP contribution is 2.30. The lowest BCUT2D eigenvalue weighted by atomic mass is 10.3.